The van der Waals surface area contributed by atoms with Crippen molar-refractivity contribution in [2.75, 3.05) is 6.54 Å². The summed E-state index contributed by atoms with van der Waals surface area (Å²) in [6.45, 7) is 0.322. The SMILES string of the molecule is Cn1nccc1C(=O)NC[C@H]1Cc2cc(-c3cccc(OC(F)(F)F)c3)ccc2O1. The summed E-state index contributed by atoms with van der Waals surface area (Å²) in [6, 6.07) is 12.9. The highest BCUT2D eigenvalue weighted by Gasteiger charge is 2.31. The third kappa shape index (κ3) is 4.40. The van der Waals surface area contributed by atoms with Gasteiger partial charge in [-0.15, -0.1) is 13.2 Å². The molecule has 2 aromatic carbocycles. The standard InChI is InChI=1S/C21H18F3N3O3/c1-27-18(7-8-26-27)20(28)25-12-17-11-15-9-14(5-6-19(15)29-17)13-3-2-4-16(10-13)30-21(22,23)24/h2-10,17H,11-12H2,1H3,(H,25,28)/t17-/m1/s1. The fourth-order valence-electron chi connectivity index (χ4n) is 3.38. The molecule has 1 aromatic heterocycles. The summed E-state index contributed by atoms with van der Waals surface area (Å²) >= 11 is 0. The van der Waals surface area contributed by atoms with Crippen LogP contribution in [0.2, 0.25) is 0 Å². The number of carbonyl (C=O) groups excluding carboxylic acids is 1. The van der Waals surface area contributed by atoms with Crippen molar-refractivity contribution in [1.29, 1.82) is 0 Å². The Morgan fingerprint density at radius 2 is 2.03 bits per heavy atom. The van der Waals surface area contributed by atoms with Gasteiger partial charge in [0.25, 0.3) is 5.91 Å². The number of fused-ring (bicyclic) bond motifs is 1. The van der Waals surface area contributed by atoms with Gasteiger partial charge < -0.3 is 14.8 Å². The fourth-order valence-corrected chi connectivity index (χ4v) is 3.38. The van der Waals surface area contributed by atoms with E-state index < -0.39 is 6.36 Å². The highest BCUT2D eigenvalue weighted by atomic mass is 19.4. The van der Waals surface area contributed by atoms with Crippen molar-refractivity contribution in [3.05, 3.63) is 66.0 Å². The van der Waals surface area contributed by atoms with Gasteiger partial charge in [0.05, 0.1) is 6.54 Å². The van der Waals surface area contributed by atoms with Gasteiger partial charge in [0.1, 0.15) is 23.3 Å². The topological polar surface area (TPSA) is 65.4 Å². The molecule has 9 heteroatoms. The van der Waals surface area contributed by atoms with Gasteiger partial charge in [-0.1, -0.05) is 18.2 Å². The lowest BCUT2D eigenvalue weighted by atomic mass is 10.0. The molecule has 4 rings (SSSR count). The summed E-state index contributed by atoms with van der Waals surface area (Å²) in [6.07, 6.45) is -2.84. The van der Waals surface area contributed by atoms with E-state index in [2.05, 4.69) is 15.2 Å². The predicted octanol–water partition coefficient (Wildman–Crippen LogP) is 3.72. The van der Waals surface area contributed by atoms with E-state index in [9.17, 15) is 18.0 Å². The van der Waals surface area contributed by atoms with Crippen LogP contribution in [0.1, 0.15) is 16.1 Å². The summed E-state index contributed by atoms with van der Waals surface area (Å²) in [7, 11) is 1.69. The monoisotopic (exact) mass is 417 g/mol. The van der Waals surface area contributed by atoms with Crippen LogP contribution in [0.3, 0.4) is 0 Å². The van der Waals surface area contributed by atoms with Crippen molar-refractivity contribution >= 4 is 5.91 Å². The first-order valence-electron chi connectivity index (χ1n) is 9.20. The van der Waals surface area contributed by atoms with Crippen molar-refractivity contribution in [2.24, 2.45) is 7.05 Å². The normalized spacial score (nSPS) is 15.4. The van der Waals surface area contributed by atoms with E-state index in [4.69, 9.17) is 4.74 Å². The Balaban J connectivity index is 1.43. The zero-order valence-corrected chi connectivity index (χ0v) is 15.9. The molecule has 0 fully saturated rings. The maximum absolute atomic E-state index is 12.5. The van der Waals surface area contributed by atoms with Crippen LogP contribution in [0.15, 0.2) is 54.7 Å². The summed E-state index contributed by atoms with van der Waals surface area (Å²) in [5, 5.41) is 6.80. The molecule has 6 nitrogen and oxygen atoms in total. The Bertz CT molecular complexity index is 1080. The number of rotatable bonds is 5. The molecule has 156 valence electrons. The molecule has 0 saturated carbocycles. The van der Waals surface area contributed by atoms with Crippen LogP contribution in [0.4, 0.5) is 13.2 Å². The molecule has 0 radical (unpaired) electrons. The molecular weight excluding hydrogens is 399 g/mol. The Kier molecular flexibility index (Phi) is 5.11. The highest BCUT2D eigenvalue weighted by molar-refractivity contribution is 5.92. The van der Waals surface area contributed by atoms with Crippen molar-refractivity contribution in [1.82, 2.24) is 15.1 Å². The van der Waals surface area contributed by atoms with E-state index in [-0.39, 0.29) is 17.8 Å². The average Bonchev–Trinajstić information content (AvgIpc) is 3.30. The van der Waals surface area contributed by atoms with Gasteiger partial charge in [-0.25, -0.2) is 0 Å². The number of benzene rings is 2. The molecular formula is C21H18F3N3O3. The molecule has 0 saturated heterocycles. The predicted molar refractivity (Wildman–Crippen MR) is 102 cm³/mol. The van der Waals surface area contributed by atoms with Gasteiger partial charge in [-0.2, -0.15) is 5.10 Å². The second-order valence-corrected chi connectivity index (χ2v) is 6.89. The van der Waals surface area contributed by atoms with E-state index in [0.29, 0.717) is 30.0 Å². The lowest BCUT2D eigenvalue weighted by Crippen LogP contribution is -2.35. The second-order valence-electron chi connectivity index (χ2n) is 6.89. The first-order valence-corrected chi connectivity index (χ1v) is 9.20. The van der Waals surface area contributed by atoms with Crippen LogP contribution in [-0.4, -0.2) is 34.7 Å². The number of hydrogen-bond acceptors (Lipinski definition) is 4. The van der Waals surface area contributed by atoms with Crippen molar-refractivity contribution in [3.8, 4) is 22.6 Å². The van der Waals surface area contributed by atoms with Crippen LogP contribution < -0.4 is 14.8 Å². The van der Waals surface area contributed by atoms with Crippen LogP contribution in [-0.2, 0) is 13.5 Å². The third-order valence-corrected chi connectivity index (χ3v) is 4.75. The van der Waals surface area contributed by atoms with Crippen LogP contribution in [0, 0.1) is 0 Å². The Morgan fingerprint density at radius 1 is 1.23 bits per heavy atom. The molecule has 0 aliphatic carbocycles. The first-order chi connectivity index (χ1) is 14.3. The lowest BCUT2D eigenvalue weighted by Gasteiger charge is -2.12. The van der Waals surface area contributed by atoms with E-state index >= 15 is 0 Å². The summed E-state index contributed by atoms with van der Waals surface area (Å²) in [5.41, 5.74) is 2.74. The van der Waals surface area contributed by atoms with Gasteiger partial charge in [-0.3, -0.25) is 9.48 Å². The molecule has 0 spiro atoms. The summed E-state index contributed by atoms with van der Waals surface area (Å²) in [5.74, 6) is 0.186. The molecule has 3 aromatic rings. The van der Waals surface area contributed by atoms with Gasteiger partial charge in [0.2, 0.25) is 0 Å². The number of nitrogens with zero attached hydrogens (tertiary/aromatic N) is 2. The number of amides is 1. The lowest BCUT2D eigenvalue weighted by molar-refractivity contribution is -0.274. The highest BCUT2D eigenvalue weighted by Crippen LogP contribution is 2.34. The smallest absolute Gasteiger partial charge is 0.488 e. The maximum atomic E-state index is 12.5. The van der Waals surface area contributed by atoms with Crippen molar-refractivity contribution in [2.45, 2.75) is 18.9 Å². The maximum Gasteiger partial charge on any atom is 0.573 e. The number of aryl methyl sites for hydroxylation is 1. The van der Waals surface area contributed by atoms with Crippen LogP contribution in [0.5, 0.6) is 11.5 Å². The number of halogens is 3. The molecule has 2 heterocycles. The minimum Gasteiger partial charge on any atom is -0.488 e. The van der Waals surface area contributed by atoms with Gasteiger partial charge in [0, 0.05) is 19.7 Å². The molecule has 0 bridgehead atoms. The number of hydrogen-bond donors (Lipinski definition) is 1. The summed E-state index contributed by atoms with van der Waals surface area (Å²) < 4.78 is 48.8. The molecule has 0 unspecified atom stereocenters. The number of aromatic nitrogens is 2. The van der Waals surface area contributed by atoms with Crippen LogP contribution >= 0.6 is 0 Å². The van der Waals surface area contributed by atoms with Gasteiger partial charge in [0.15, 0.2) is 0 Å². The first kappa shape index (κ1) is 19.8. The van der Waals surface area contributed by atoms with Crippen LogP contribution in [0.25, 0.3) is 11.1 Å². The van der Waals surface area contributed by atoms with Gasteiger partial charge in [-0.05, 0) is 47.0 Å². The second kappa shape index (κ2) is 7.74. The molecule has 1 N–H and O–H groups in total. The minimum absolute atomic E-state index is 0.229. The molecule has 1 amide bonds. The van der Waals surface area contributed by atoms with Gasteiger partial charge >= 0.3 is 6.36 Å². The average molecular weight is 417 g/mol. The Hall–Kier alpha value is -3.49. The summed E-state index contributed by atoms with van der Waals surface area (Å²) in [4.78, 5) is 12.2. The largest absolute Gasteiger partial charge is 0.573 e. The fraction of sp³-hybridized carbons (Fsp3) is 0.238. The van der Waals surface area contributed by atoms with Crippen molar-refractivity contribution in [3.63, 3.8) is 0 Å². The van der Waals surface area contributed by atoms with Crippen molar-refractivity contribution < 1.29 is 27.4 Å². The van der Waals surface area contributed by atoms with E-state index in [0.717, 1.165) is 11.1 Å². The molecule has 1 atom stereocenters. The number of nitrogens with one attached hydrogen (secondary N) is 1. The Morgan fingerprint density at radius 3 is 2.77 bits per heavy atom. The third-order valence-electron chi connectivity index (χ3n) is 4.75. The number of alkyl halides is 3. The van der Waals surface area contributed by atoms with E-state index in [1.807, 2.05) is 6.07 Å². The minimum atomic E-state index is -4.74. The van der Waals surface area contributed by atoms with E-state index in [1.54, 1.807) is 37.5 Å². The molecule has 30 heavy (non-hydrogen) atoms. The quantitative estimate of drug-likeness (QED) is 0.687. The Labute approximate surface area is 170 Å². The molecule has 1 aliphatic rings. The zero-order chi connectivity index (χ0) is 21.3. The number of ether oxygens (including phenoxy) is 2. The number of carbonyl (C=O) groups is 1. The molecule has 1 aliphatic heterocycles. The zero-order valence-electron chi connectivity index (χ0n) is 15.9. The van der Waals surface area contributed by atoms with E-state index in [1.165, 1.54) is 22.9 Å².